The number of amidine groups is 1. The number of nitrogens with zero attached hydrogens (tertiary/aromatic N) is 3. The number of rotatable bonds is 2. The van der Waals surface area contributed by atoms with Crippen molar-refractivity contribution < 1.29 is 4.79 Å². The summed E-state index contributed by atoms with van der Waals surface area (Å²) in [5.41, 5.74) is 8.43. The third-order valence-electron chi connectivity index (χ3n) is 3.74. The largest absolute Gasteiger partial charge is 0.397 e. The van der Waals surface area contributed by atoms with Gasteiger partial charge >= 0.3 is 0 Å². The van der Waals surface area contributed by atoms with Crippen LogP contribution in [0.2, 0.25) is 0 Å². The molecule has 0 atom stereocenters. The van der Waals surface area contributed by atoms with Crippen LogP contribution >= 0.6 is 0 Å². The Morgan fingerprint density at radius 1 is 1.32 bits per heavy atom. The van der Waals surface area contributed by atoms with Gasteiger partial charge < -0.3 is 5.73 Å². The van der Waals surface area contributed by atoms with Crippen LogP contribution in [-0.2, 0) is 4.79 Å². The van der Waals surface area contributed by atoms with Gasteiger partial charge in [-0.2, -0.15) is 0 Å². The predicted molar refractivity (Wildman–Crippen MR) is 84.3 cm³/mol. The van der Waals surface area contributed by atoms with Crippen molar-refractivity contribution in [1.29, 1.82) is 5.41 Å². The molecule has 0 bridgehead atoms. The topological polar surface area (TPSA) is 96.0 Å². The quantitative estimate of drug-likeness (QED) is 0.654. The first-order valence-corrected chi connectivity index (χ1v) is 7.22. The molecule has 0 aromatic carbocycles. The molecular weight excluding hydrogens is 278 g/mol. The molecule has 2 aromatic rings. The van der Waals surface area contributed by atoms with Crippen molar-refractivity contribution >= 4 is 17.4 Å². The highest BCUT2D eigenvalue weighted by Gasteiger charge is 2.24. The van der Waals surface area contributed by atoms with E-state index in [1.54, 1.807) is 18.5 Å². The maximum absolute atomic E-state index is 12.0. The Morgan fingerprint density at radius 2 is 2.18 bits per heavy atom. The lowest BCUT2D eigenvalue weighted by molar-refractivity contribution is -0.129. The lowest BCUT2D eigenvalue weighted by atomic mass is 10.1. The van der Waals surface area contributed by atoms with Crippen LogP contribution in [0.3, 0.4) is 0 Å². The molecule has 3 N–H and O–H groups in total. The molecule has 0 saturated carbocycles. The third-order valence-corrected chi connectivity index (χ3v) is 3.74. The number of aromatic nitrogens is 2. The van der Waals surface area contributed by atoms with Crippen LogP contribution in [0.5, 0.6) is 0 Å². The fourth-order valence-electron chi connectivity index (χ4n) is 2.53. The second kappa shape index (κ2) is 5.93. The fourth-order valence-corrected chi connectivity index (χ4v) is 2.53. The van der Waals surface area contributed by atoms with Gasteiger partial charge in [-0.25, -0.2) is 0 Å². The van der Waals surface area contributed by atoms with Gasteiger partial charge in [0.1, 0.15) is 5.84 Å². The molecule has 0 aliphatic carbocycles. The van der Waals surface area contributed by atoms with Crippen LogP contribution in [0.25, 0.3) is 11.3 Å². The molecule has 112 valence electrons. The minimum absolute atomic E-state index is 0.0182. The summed E-state index contributed by atoms with van der Waals surface area (Å²) in [4.78, 5) is 21.9. The van der Waals surface area contributed by atoms with E-state index in [2.05, 4.69) is 9.97 Å². The van der Waals surface area contributed by atoms with Gasteiger partial charge in [0.25, 0.3) is 0 Å². The van der Waals surface area contributed by atoms with Gasteiger partial charge in [0, 0.05) is 36.5 Å². The minimum atomic E-state index is -0.0182. The van der Waals surface area contributed by atoms with E-state index in [0.29, 0.717) is 29.9 Å². The maximum atomic E-state index is 12.0. The first kappa shape index (κ1) is 14.2. The van der Waals surface area contributed by atoms with Crippen molar-refractivity contribution in [3.63, 3.8) is 0 Å². The smallest absolute Gasteiger partial charge is 0.228 e. The van der Waals surface area contributed by atoms with Crippen molar-refractivity contribution in [3.8, 4) is 11.3 Å². The standard InChI is InChI=1S/C16H17N5O/c17-13-10-20-14(11-4-3-6-19-9-11)8-12(13)16(18)21-7-2-1-5-15(21)22/h3-4,6,8-10,18H,1-2,5,7,17H2. The summed E-state index contributed by atoms with van der Waals surface area (Å²) < 4.78 is 0. The number of anilines is 1. The van der Waals surface area contributed by atoms with Crippen molar-refractivity contribution in [2.24, 2.45) is 0 Å². The van der Waals surface area contributed by atoms with E-state index in [9.17, 15) is 4.79 Å². The Morgan fingerprint density at radius 3 is 2.91 bits per heavy atom. The van der Waals surface area contributed by atoms with Gasteiger partial charge in [-0.1, -0.05) is 0 Å². The van der Waals surface area contributed by atoms with Gasteiger partial charge in [-0.05, 0) is 31.0 Å². The van der Waals surface area contributed by atoms with Crippen molar-refractivity contribution in [3.05, 3.63) is 42.4 Å². The highest BCUT2D eigenvalue weighted by molar-refractivity contribution is 6.09. The van der Waals surface area contributed by atoms with Crippen LogP contribution < -0.4 is 5.73 Å². The molecule has 0 radical (unpaired) electrons. The molecule has 3 rings (SSSR count). The molecule has 0 unspecified atom stereocenters. The van der Waals surface area contributed by atoms with Gasteiger partial charge in [0.15, 0.2) is 0 Å². The van der Waals surface area contributed by atoms with E-state index >= 15 is 0 Å². The molecule has 1 fully saturated rings. The number of amides is 1. The second-order valence-electron chi connectivity index (χ2n) is 5.25. The molecule has 1 aliphatic rings. The van der Waals surface area contributed by atoms with Crippen LogP contribution in [0.15, 0.2) is 36.8 Å². The average molecular weight is 295 g/mol. The number of piperidine rings is 1. The number of likely N-dealkylation sites (tertiary alicyclic amines) is 1. The molecule has 2 aromatic heterocycles. The molecule has 0 spiro atoms. The fraction of sp³-hybridized carbons (Fsp3) is 0.250. The van der Waals surface area contributed by atoms with E-state index < -0.39 is 0 Å². The van der Waals surface area contributed by atoms with Gasteiger partial charge in [-0.3, -0.25) is 25.1 Å². The Bertz CT molecular complexity index is 714. The monoisotopic (exact) mass is 295 g/mol. The minimum Gasteiger partial charge on any atom is -0.397 e. The number of hydrogen-bond donors (Lipinski definition) is 2. The Balaban J connectivity index is 1.96. The summed E-state index contributed by atoms with van der Waals surface area (Å²) in [6.45, 7) is 0.571. The summed E-state index contributed by atoms with van der Waals surface area (Å²) in [6.07, 6.45) is 7.21. The Labute approximate surface area is 128 Å². The average Bonchev–Trinajstić information content (AvgIpc) is 2.56. The van der Waals surface area contributed by atoms with Crippen molar-refractivity contribution in [1.82, 2.24) is 14.9 Å². The van der Waals surface area contributed by atoms with Gasteiger partial charge in [0.2, 0.25) is 5.91 Å². The first-order chi connectivity index (χ1) is 10.7. The third kappa shape index (κ3) is 2.67. The number of nitrogens with one attached hydrogen (secondary N) is 1. The lowest BCUT2D eigenvalue weighted by Crippen LogP contribution is -2.40. The molecule has 1 aliphatic heterocycles. The highest BCUT2D eigenvalue weighted by atomic mass is 16.2. The van der Waals surface area contributed by atoms with E-state index in [-0.39, 0.29) is 11.7 Å². The SMILES string of the molecule is N=C(c1cc(-c2cccnc2)ncc1N)N1CCCCC1=O. The molecule has 6 nitrogen and oxygen atoms in total. The highest BCUT2D eigenvalue weighted by Crippen LogP contribution is 2.23. The van der Waals surface area contributed by atoms with E-state index in [1.807, 2.05) is 12.1 Å². The van der Waals surface area contributed by atoms with Crippen LogP contribution in [0.4, 0.5) is 5.69 Å². The lowest BCUT2D eigenvalue weighted by Gasteiger charge is -2.27. The van der Waals surface area contributed by atoms with Gasteiger partial charge in [-0.15, -0.1) is 0 Å². The number of carbonyl (C=O) groups is 1. The normalized spacial score (nSPS) is 14.9. The zero-order valence-corrected chi connectivity index (χ0v) is 12.1. The van der Waals surface area contributed by atoms with Crippen LogP contribution in [0.1, 0.15) is 24.8 Å². The zero-order valence-electron chi connectivity index (χ0n) is 12.1. The van der Waals surface area contributed by atoms with Crippen LogP contribution in [0, 0.1) is 5.41 Å². The van der Waals surface area contributed by atoms with E-state index in [0.717, 1.165) is 18.4 Å². The number of hydrogen-bond acceptors (Lipinski definition) is 5. The second-order valence-corrected chi connectivity index (χ2v) is 5.25. The summed E-state index contributed by atoms with van der Waals surface area (Å²) >= 11 is 0. The molecule has 1 saturated heterocycles. The molecule has 22 heavy (non-hydrogen) atoms. The molecule has 3 heterocycles. The maximum Gasteiger partial charge on any atom is 0.228 e. The van der Waals surface area contributed by atoms with Gasteiger partial charge in [0.05, 0.1) is 17.6 Å². The number of nitrogen functional groups attached to an aromatic ring is 1. The van der Waals surface area contributed by atoms with E-state index in [1.165, 1.54) is 11.1 Å². The van der Waals surface area contributed by atoms with Crippen molar-refractivity contribution in [2.75, 3.05) is 12.3 Å². The predicted octanol–water partition coefficient (Wildman–Crippen LogP) is 2.06. The molecule has 1 amide bonds. The van der Waals surface area contributed by atoms with Crippen molar-refractivity contribution in [2.45, 2.75) is 19.3 Å². The summed E-state index contributed by atoms with van der Waals surface area (Å²) in [5.74, 6) is 0.130. The number of carbonyl (C=O) groups excluding carboxylic acids is 1. The molecule has 6 heteroatoms. The summed E-state index contributed by atoms with van der Waals surface area (Å²) in [5, 5.41) is 8.34. The number of nitrogens with two attached hydrogens (primary N) is 1. The summed E-state index contributed by atoms with van der Waals surface area (Å²) in [7, 11) is 0. The number of pyridine rings is 2. The summed E-state index contributed by atoms with van der Waals surface area (Å²) in [6, 6.07) is 5.47. The Hall–Kier alpha value is -2.76. The first-order valence-electron chi connectivity index (χ1n) is 7.22. The zero-order chi connectivity index (χ0) is 15.5. The van der Waals surface area contributed by atoms with E-state index in [4.69, 9.17) is 11.1 Å². The Kier molecular flexibility index (Phi) is 3.82. The molecular formula is C16H17N5O. The van der Waals surface area contributed by atoms with Crippen LogP contribution in [-0.4, -0.2) is 33.2 Å².